The number of aliphatic hydroxyl groups is 2. The van der Waals surface area contributed by atoms with E-state index in [9.17, 15) is 23.4 Å². The van der Waals surface area contributed by atoms with E-state index in [1.807, 2.05) is 0 Å². The monoisotopic (exact) mass is 368 g/mol. The highest BCUT2D eigenvalue weighted by molar-refractivity contribution is 7.80. The van der Waals surface area contributed by atoms with Crippen LogP contribution in [0, 0.1) is 0 Å². The van der Waals surface area contributed by atoms with Gasteiger partial charge in [-0.1, -0.05) is 0 Å². The first-order chi connectivity index (χ1) is 10.9. The number of methoxy groups -OCH3 is 1. The Morgan fingerprint density at radius 1 is 1.46 bits per heavy atom. The van der Waals surface area contributed by atoms with Crippen LogP contribution in [-0.2, 0) is 24.1 Å². The number of carboxylic acid groups (broad SMARTS) is 1. The molecule has 0 fully saturated rings. The minimum Gasteiger partial charge on any atom is -0.493 e. The maximum Gasteiger partial charge on any atom is 0.397 e. The Balaban J connectivity index is 3.21. The van der Waals surface area contributed by atoms with Crippen LogP contribution in [0.5, 0.6) is 0 Å². The summed E-state index contributed by atoms with van der Waals surface area (Å²) in [5.74, 6) is -1.38. The third kappa shape index (κ3) is 5.42. The zero-order valence-corrected chi connectivity index (χ0v) is 13.9. The minimum atomic E-state index is -4.79. The van der Waals surface area contributed by atoms with Gasteiger partial charge in [0, 0.05) is 12.8 Å². The van der Waals surface area contributed by atoms with Gasteiger partial charge in [0.15, 0.2) is 11.8 Å². The molecule has 3 atom stereocenters. The molecule has 0 saturated heterocycles. The standard InChI is InChI=1S/C12H20N2O9S/c1-6(15)9(11(16)17)14-8-4-12(18,5-23-24(19,20)21)3-7(13)10(8)22-2/h6,9,15,18H,3-5,13H2,1-2H3,(H,16,17)(H,19,20,21)/t6-,9-,12-/m0/s1. The molecule has 0 heterocycles. The van der Waals surface area contributed by atoms with E-state index < -0.39 is 40.7 Å². The average Bonchev–Trinajstić information content (AvgIpc) is 2.41. The molecular weight excluding hydrogens is 348 g/mol. The number of ether oxygens (including phenoxy) is 1. The molecule has 1 rings (SSSR count). The van der Waals surface area contributed by atoms with Crippen LogP contribution in [0.3, 0.4) is 0 Å². The van der Waals surface area contributed by atoms with Crippen molar-refractivity contribution in [3.63, 3.8) is 0 Å². The molecular formula is C12H20N2O9S. The van der Waals surface area contributed by atoms with Crippen LogP contribution in [0.25, 0.3) is 0 Å². The molecule has 0 aliphatic heterocycles. The summed E-state index contributed by atoms with van der Waals surface area (Å²) in [7, 11) is -3.53. The molecule has 0 aromatic carbocycles. The predicted octanol–water partition coefficient (Wildman–Crippen LogP) is -1.58. The number of carbonyl (C=O) groups is 1. The highest BCUT2D eigenvalue weighted by atomic mass is 32.3. The van der Waals surface area contributed by atoms with Crippen LogP contribution in [0.4, 0.5) is 0 Å². The maximum atomic E-state index is 11.2. The Morgan fingerprint density at radius 2 is 2.04 bits per heavy atom. The molecule has 1 aliphatic rings. The second-order valence-corrected chi connectivity index (χ2v) is 6.52. The summed E-state index contributed by atoms with van der Waals surface area (Å²) in [5.41, 5.74) is 3.81. The van der Waals surface area contributed by atoms with Crippen molar-refractivity contribution in [1.29, 1.82) is 0 Å². The van der Waals surface area contributed by atoms with E-state index in [4.69, 9.17) is 20.1 Å². The predicted molar refractivity (Wildman–Crippen MR) is 80.4 cm³/mol. The molecule has 0 aromatic heterocycles. The SMILES string of the molecule is COC1=C(N)C[C@@](O)(COS(=O)(=O)O)CC1=N[C@H](C(=O)O)[C@H](C)O. The Labute approximate surface area is 138 Å². The van der Waals surface area contributed by atoms with Crippen LogP contribution in [-0.4, -0.2) is 71.4 Å². The van der Waals surface area contributed by atoms with Gasteiger partial charge in [0.05, 0.1) is 31.2 Å². The summed E-state index contributed by atoms with van der Waals surface area (Å²) in [5, 5.41) is 29.0. The topological polar surface area (TPSA) is 189 Å². The number of nitrogens with two attached hydrogens (primary N) is 1. The van der Waals surface area contributed by atoms with Gasteiger partial charge in [-0.2, -0.15) is 8.42 Å². The summed E-state index contributed by atoms with van der Waals surface area (Å²) in [6.07, 6.45) is -1.95. The van der Waals surface area contributed by atoms with Crippen molar-refractivity contribution in [1.82, 2.24) is 0 Å². The van der Waals surface area contributed by atoms with Gasteiger partial charge in [0.1, 0.15) is 5.60 Å². The fourth-order valence-corrected chi connectivity index (χ4v) is 2.62. The zero-order chi connectivity index (χ0) is 18.7. The van der Waals surface area contributed by atoms with E-state index in [2.05, 4.69) is 9.18 Å². The minimum absolute atomic E-state index is 0.0151. The molecule has 1 aliphatic carbocycles. The highest BCUT2D eigenvalue weighted by Crippen LogP contribution is 2.30. The molecule has 0 spiro atoms. The quantitative estimate of drug-likeness (QED) is 0.328. The van der Waals surface area contributed by atoms with E-state index >= 15 is 0 Å². The van der Waals surface area contributed by atoms with E-state index in [1.165, 1.54) is 14.0 Å². The first-order valence-electron chi connectivity index (χ1n) is 6.73. The van der Waals surface area contributed by atoms with E-state index in [0.29, 0.717) is 0 Å². The van der Waals surface area contributed by atoms with Crippen molar-refractivity contribution in [3.05, 3.63) is 11.5 Å². The third-order valence-electron chi connectivity index (χ3n) is 3.26. The van der Waals surface area contributed by atoms with Gasteiger partial charge < -0.3 is 25.8 Å². The van der Waals surface area contributed by atoms with Gasteiger partial charge in [0.2, 0.25) is 0 Å². The number of aliphatic imine (C=N–C) groups is 1. The molecule has 0 aromatic rings. The van der Waals surface area contributed by atoms with Crippen LogP contribution < -0.4 is 5.73 Å². The summed E-state index contributed by atoms with van der Waals surface area (Å²) >= 11 is 0. The molecule has 0 radical (unpaired) electrons. The molecule has 0 amide bonds. The van der Waals surface area contributed by atoms with E-state index in [0.717, 1.165) is 0 Å². The van der Waals surface area contributed by atoms with E-state index in [1.54, 1.807) is 0 Å². The number of allylic oxidation sites excluding steroid dienone is 1. The number of aliphatic carboxylic acids is 1. The van der Waals surface area contributed by atoms with Crippen molar-refractivity contribution in [2.24, 2.45) is 10.7 Å². The van der Waals surface area contributed by atoms with Gasteiger partial charge >= 0.3 is 16.4 Å². The van der Waals surface area contributed by atoms with Crippen molar-refractivity contribution in [3.8, 4) is 0 Å². The smallest absolute Gasteiger partial charge is 0.397 e. The number of hydrogen-bond donors (Lipinski definition) is 5. The lowest BCUT2D eigenvalue weighted by atomic mass is 9.85. The van der Waals surface area contributed by atoms with Crippen LogP contribution in [0.2, 0.25) is 0 Å². The number of carboxylic acids is 1. The van der Waals surface area contributed by atoms with Crippen LogP contribution in [0.15, 0.2) is 16.4 Å². The normalized spacial score (nSPS) is 26.3. The molecule has 0 bridgehead atoms. The number of hydrogen-bond acceptors (Lipinski definition) is 9. The average molecular weight is 368 g/mol. The Hall–Kier alpha value is -1.73. The second kappa shape index (κ2) is 7.44. The lowest BCUT2D eigenvalue weighted by Crippen LogP contribution is -2.44. The number of aliphatic hydroxyl groups excluding tert-OH is 1. The van der Waals surface area contributed by atoms with Gasteiger partial charge in [-0.15, -0.1) is 0 Å². The largest absolute Gasteiger partial charge is 0.493 e. The highest BCUT2D eigenvalue weighted by Gasteiger charge is 2.39. The van der Waals surface area contributed by atoms with Crippen molar-refractivity contribution >= 4 is 22.1 Å². The molecule has 0 unspecified atom stereocenters. The lowest BCUT2D eigenvalue weighted by molar-refractivity contribution is -0.140. The van der Waals surface area contributed by atoms with Crippen molar-refractivity contribution in [2.45, 2.75) is 37.5 Å². The van der Waals surface area contributed by atoms with Crippen molar-refractivity contribution in [2.75, 3.05) is 13.7 Å². The lowest BCUT2D eigenvalue weighted by Gasteiger charge is -2.33. The van der Waals surface area contributed by atoms with Crippen LogP contribution >= 0.6 is 0 Å². The first kappa shape index (κ1) is 20.3. The van der Waals surface area contributed by atoms with E-state index in [-0.39, 0.29) is 30.0 Å². The summed E-state index contributed by atoms with van der Waals surface area (Å²) in [4.78, 5) is 15.0. The fraction of sp³-hybridized carbons (Fsp3) is 0.667. The first-order valence-corrected chi connectivity index (χ1v) is 8.10. The molecule has 0 saturated carbocycles. The number of nitrogens with zero attached hydrogens (tertiary/aromatic N) is 1. The molecule has 6 N–H and O–H groups in total. The number of rotatable bonds is 7. The molecule has 12 heteroatoms. The van der Waals surface area contributed by atoms with Gasteiger partial charge in [0.25, 0.3) is 0 Å². The third-order valence-corrected chi connectivity index (χ3v) is 3.67. The Kier molecular flexibility index (Phi) is 6.30. The van der Waals surface area contributed by atoms with Crippen molar-refractivity contribution < 1.29 is 42.0 Å². The Morgan fingerprint density at radius 3 is 2.46 bits per heavy atom. The van der Waals surface area contributed by atoms with Gasteiger partial charge in [-0.3, -0.25) is 9.55 Å². The van der Waals surface area contributed by atoms with Gasteiger partial charge in [-0.25, -0.2) is 8.98 Å². The fourth-order valence-electron chi connectivity index (χ4n) is 2.25. The summed E-state index contributed by atoms with van der Waals surface area (Å²) in [6, 6.07) is -1.54. The second-order valence-electron chi connectivity index (χ2n) is 5.43. The summed E-state index contributed by atoms with van der Waals surface area (Å²) in [6.45, 7) is 0.397. The maximum absolute atomic E-state index is 11.2. The Bertz CT molecular complexity index is 655. The summed E-state index contributed by atoms with van der Waals surface area (Å²) < 4.78 is 39.2. The molecule has 11 nitrogen and oxygen atoms in total. The molecule has 138 valence electrons. The molecule has 24 heavy (non-hydrogen) atoms. The van der Waals surface area contributed by atoms with Gasteiger partial charge in [-0.05, 0) is 6.92 Å². The van der Waals surface area contributed by atoms with Crippen LogP contribution in [0.1, 0.15) is 19.8 Å². The zero-order valence-electron chi connectivity index (χ0n) is 13.0.